The summed E-state index contributed by atoms with van der Waals surface area (Å²) in [6.07, 6.45) is 1.95. The van der Waals surface area contributed by atoms with Gasteiger partial charge in [-0.3, -0.25) is 9.59 Å². The number of benzene rings is 2. The van der Waals surface area contributed by atoms with Crippen molar-refractivity contribution in [3.63, 3.8) is 0 Å². The van der Waals surface area contributed by atoms with Crippen molar-refractivity contribution in [2.45, 2.75) is 32.2 Å². The Morgan fingerprint density at radius 3 is 2.59 bits per heavy atom. The number of carbonyl (C=O) groups excluding carboxylic acids is 2. The summed E-state index contributed by atoms with van der Waals surface area (Å²) < 4.78 is 1.01. The Balaban J connectivity index is 1.36. The first-order chi connectivity index (χ1) is 14.0. The number of carbonyl (C=O) groups is 2. The Morgan fingerprint density at radius 1 is 1.14 bits per heavy atom. The van der Waals surface area contributed by atoms with Crippen molar-refractivity contribution in [2.75, 3.05) is 13.1 Å². The lowest BCUT2D eigenvalue weighted by molar-refractivity contribution is -0.131. The molecule has 0 atom stereocenters. The van der Waals surface area contributed by atoms with E-state index in [2.05, 4.69) is 32.3 Å². The molecule has 5 nitrogen and oxygen atoms in total. The van der Waals surface area contributed by atoms with Crippen molar-refractivity contribution in [3.8, 4) is 0 Å². The first-order valence-corrected chi connectivity index (χ1v) is 10.7. The van der Waals surface area contributed by atoms with E-state index >= 15 is 0 Å². The van der Waals surface area contributed by atoms with Gasteiger partial charge < -0.3 is 15.2 Å². The SMILES string of the molecule is Cc1[nH]c2ccc(Br)cc2c1CC(=O)N1CCC(NC(=O)c2ccccc2)CC1. The zero-order valence-electron chi connectivity index (χ0n) is 16.4. The Bertz CT molecular complexity index is 1040. The highest BCUT2D eigenvalue weighted by molar-refractivity contribution is 9.10. The first kappa shape index (κ1) is 19.7. The van der Waals surface area contributed by atoms with Crippen LogP contribution in [0.2, 0.25) is 0 Å². The molecular formula is C23H24BrN3O2. The van der Waals surface area contributed by atoms with E-state index in [1.165, 1.54) is 0 Å². The predicted molar refractivity (Wildman–Crippen MR) is 118 cm³/mol. The quantitative estimate of drug-likeness (QED) is 0.621. The van der Waals surface area contributed by atoms with E-state index in [0.717, 1.165) is 39.5 Å². The molecule has 0 aliphatic carbocycles. The number of hydrogen-bond donors (Lipinski definition) is 2. The van der Waals surface area contributed by atoms with Gasteiger partial charge in [-0.2, -0.15) is 0 Å². The lowest BCUT2D eigenvalue weighted by Crippen LogP contribution is -2.47. The number of fused-ring (bicyclic) bond motifs is 1. The minimum absolute atomic E-state index is 0.0460. The number of rotatable bonds is 4. The van der Waals surface area contributed by atoms with Crippen molar-refractivity contribution in [3.05, 3.63) is 69.8 Å². The minimum Gasteiger partial charge on any atom is -0.358 e. The molecule has 2 amide bonds. The van der Waals surface area contributed by atoms with E-state index < -0.39 is 0 Å². The van der Waals surface area contributed by atoms with Gasteiger partial charge in [-0.15, -0.1) is 0 Å². The average molecular weight is 454 g/mol. The van der Waals surface area contributed by atoms with Crippen LogP contribution in [0.4, 0.5) is 0 Å². The van der Waals surface area contributed by atoms with Gasteiger partial charge in [0.2, 0.25) is 5.91 Å². The lowest BCUT2D eigenvalue weighted by Gasteiger charge is -2.32. The largest absolute Gasteiger partial charge is 0.358 e. The Labute approximate surface area is 178 Å². The minimum atomic E-state index is -0.0460. The van der Waals surface area contributed by atoms with Crippen molar-refractivity contribution < 1.29 is 9.59 Å². The zero-order valence-corrected chi connectivity index (χ0v) is 18.0. The molecule has 150 valence electrons. The van der Waals surface area contributed by atoms with Crippen LogP contribution in [-0.2, 0) is 11.2 Å². The normalized spacial score (nSPS) is 14.9. The summed E-state index contributed by atoms with van der Waals surface area (Å²) in [4.78, 5) is 30.5. The molecular weight excluding hydrogens is 430 g/mol. The van der Waals surface area contributed by atoms with Crippen LogP contribution in [0.5, 0.6) is 0 Å². The van der Waals surface area contributed by atoms with Crippen LogP contribution in [0.1, 0.15) is 34.5 Å². The number of piperidine rings is 1. The van der Waals surface area contributed by atoms with Crippen LogP contribution in [0.25, 0.3) is 10.9 Å². The van der Waals surface area contributed by atoms with E-state index in [-0.39, 0.29) is 17.9 Å². The molecule has 1 aliphatic heterocycles. The molecule has 0 spiro atoms. The van der Waals surface area contributed by atoms with Crippen LogP contribution in [0.15, 0.2) is 53.0 Å². The summed E-state index contributed by atoms with van der Waals surface area (Å²) >= 11 is 3.52. The number of hydrogen-bond acceptors (Lipinski definition) is 2. The number of amides is 2. The number of likely N-dealkylation sites (tertiary alicyclic amines) is 1. The number of aromatic amines is 1. The monoisotopic (exact) mass is 453 g/mol. The highest BCUT2D eigenvalue weighted by Gasteiger charge is 2.25. The molecule has 2 aromatic carbocycles. The molecule has 0 radical (unpaired) electrons. The second-order valence-corrected chi connectivity index (χ2v) is 8.51. The van der Waals surface area contributed by atoms with Crippen LogP contribution < -0.4 is 5.32 Å². The van der Waals surface area contributed by atoms with E-state index in [1.807, 2.05) is 54.3 Å². The van der Waals surface area contributed by atoms with Gasteiger partial charge >= 0.3 is 0 Å². The van der Waals surface area contributed by atoms with Gasteiger partial charge in [-0.05, 0) is 55.7 Å². The van der Waals surface area contributed by atoms with Crippen molar-refractivity contribution >= 4 is 38.6 Å². The van der Waals surface area contributed by atoms with Crippen molar-refractivity contribution in [1.82, 2.24) is 15.2 Å². The van der Waals surface area contributed by atoms with Crippen LogP contribution >= 0.6 is 15.9 Å². The van der Waals surface area contributed by atoms with E-state index in [0.29, 0.717) is 25.1 Å². The Hall–Kier alpha value is -2.60. The number of nitrogens with zero attached hydrogens (tertiary/aromatic N) is 1. The number of H-pyrrole nitrogens is 1. The summed E-state index contributed by atoms with van der Waals surface area (Å²) in [5.74, 6) is 0.0946. The molecule has 1 aliphatic rings. The molecule has 0 bridgehead atoms. The third-order valence-corrected chi connectivity index (χ3v) is 6.12. The van der Waals surface area contributed by atoms with Crippen LogP contribution in [0, 0.1) is 6.92 Å². The van der Waals surface area contributed by atoms with Crippen molar-refractivity contribution in [2.24, 2.45) is 0 Å². The number of nitrogens with one attached hydrogen (secondary N) is 2. The third-order valence-electron chi connectivity index (χ3n) is 5.63. The molecule has 1 aromatic heterocycles. The summed E-state index contributed by atoms with van der Waals surface area (Å²) in [6.45, 7) is 3.36. The van der Waals surface area contributed by atoms with Gasteiger partial charge in [0, 0.05) is 45.8 Å². The average Bonchev–Trinajstić information content (AvgIpc) is 3.03. The second kappa shape index (κ2) is 8.41. The van der Waals surface area contributed by atoms with Gasteiger partial charge in [0.05, 0.1) is 6.42 Å². The highest BCUT2D eigenvalue weighted by atomic mass is 79.9. The molecule has 4 rings (SSSR count). The molecule has 2 heterocycles. The Morgan fingerprint density at radius 2 is 1.86 bits per heavy atom. The highest BCUT2D eigenvalue weighted by Crippen LogP contribution is 2.26. The van der Waals surface area contributed by atoms with Crippen LogP contribution in [0.3, 0.4) is 0 Å². The molecule has 29 heavy (non-hydrogen) atoms. The fourth-order valence-corrected chi connectivity index (χ4v) is 4.34. The number of aromatic nitrogens is 1. The van der Waals surface area contributed by atoms with Gasteiger partial charge in [-0.1, -0.05) is 34.1 Å². The molecule has 6 heteroatoms. The Kier molecular flexibility index (Phi) is 5.72. The second-order valence-electron chi connectivity index (χ2n) is 7.59. The topological polar surface area (TPSA) is 65.2 Å². The maximum atomic E-state index is 12.9. The fraction of sp³-hybridized carbons (Fsp3) is 0.304. The molecule has 1 fully saturated rings. The number of aryl methyl sites for hydroxylation is 1. The fourth-order valence-electron chi connectivity index (χ4n) is 3.98. The van der Waals surface area contributed by atoms with Crippen molar-refractivity contribution in [1.29, 1.82) is 0 Å². The van der Waals surface area contributed by atoms with Crippen LogP contribution in [-0.4, -0.2) is 40.8 Å². The molecule has 3 aromatic rings. The third kappa shape index (κ3) is 4.37. The van der Waals surface area contributed by atoms with E-state index in [1.54, 1.807) is 0 Å². The summed E-state index contributed by atoms with van der Waals surface area (Å²) in [6, 6.07) is 15.5. The number of halogens is 1. The smallest absolute Gasteiger partial charge is 0.251 e. The standard InChI is InChI=1S/C23H24BrN3O2/c1-15-19(20-13-17(24)7-8-21(20)25-15)14-22(28)27-11-9-18(10-12-27)26-23(29)16-5-3-2-4-6-16/h2-8,13,18,25H,9-12,14H2,1H3,(H,26,29). The summed E-state index contributed by atoms with van der Waals surface area (Å²) in [7, 11) is 0. The maximum Gasteiger partial charge on any atom is 0.251 e. The van der Waals surface area contributed by atoms with E-state index in [9.17, 15) is 9.59 Å². The maximum absolute atomic E-state index is 12.9. The summed E-state index contributed by atoms with van der Waals surface area (Å²) in [5.41, 5.74) is 3.82. The molecule has 0 unspecified atom stereocenters. The summed E-state index contributed by atoms with van der Waals surface area (Å²) in [5, 5.41) is 4.19. The van der Waals surface area contributed by atoms with Gasteiger partial charge in [-0.25, -0.2) is 0 Å². The molecule has 2 N–H and O–H groups in total. The lowest BCUT2D eigenvalue weighted by atomic mass is 10.0. The molecule has 1 saturated heterocycles. The van der Waals surface area contributed by atoms with Gasteiger partial charge in [0.1, 0.15) is 0 Å². The van der Waals surface area contributed by atoms with Gasteiger partial charge in [0.15, 0.2) is 0 Å². The molecule has 0 saturated carbocycles. The first-order valence-electron chi connectivity index (χ1n) is 9.91. The van der Waals surface area contributed by atoms with Gasteiger partial charge in [0.25, 0.3) is 5.91 Å². The predicted octanol–water partition coefficient (Wildman–Crippen LogP) is 4.20. The van der Waals surface area contributed by atoms with E-state index in [4.69, 9.17) is 0 Å². The zero-order chi connectivity index (χ0) is 20.4.